The van der Waals surface area contributed by atoms with Crippen LogP contribution in [0.2, 0.25) is 0 Å². The van der Waals surface area contributed by atoms with Crippen LogP contribution in [-0.2, 0) is 22.7 Å². The maximum Gasteiger partial charge on any atom is 0.180 e. The summed E-state index contributed by atoms with van der Waals surface area (Å²) in [4.78, 5) is 16.0. The Morgan fingerprint density at radius 3 is 2.75 bits per heavy atom. The molecule has 3 heterocycles. The Kier molecular flexibility index (Phi) is 3.96. The second-order valence-electron chi connectivity index (χ2n) is 6.36. The molecule has 0 saturated carbocycles. The van der Waals surface area contributed by atoms with E-state index in [9.17, 15) is 8.42 Å². The first kappa shape index (κ1) is 15.5. The highest BCUT2D eigenvalue weighted by Gasteiger charge is 2.26. The Bertz CT molecular complexity index is 852. The topological polar surface area (TPSA) is 76.1 Å². The number of aromatic nitrogens is 3. The molecule has 0 amide bonds. The van der Waals surface area contributed by atoms with Gasteiger partial charge >= 0.3 is 0 Å². The lowest BCUT2D eigenvalue weighted by atomic mass is 10.2. The molecule has 1 fully saturated rings. The summed E-state index contributed by atoms with van der Waals surface area (Å²) in [5, 5.41) is 0. The van der Waals surface area contributed by atoms with Gasteiger partial charge in [-0.2, -0.15) is 0 Å². The summed E-state index contributed by atoms with van der Waals surface area (Å²) in [5.41, 5.74) is 3.04. The molecule has 0 aromatic carbocycles. The Balaban J connectivity index is 1.76. The van der Waals surface area contributed by atoms with E-state index in [0.717, 1.165) is 43.0 Å². The average Bonchev–Trinajstić information content (AvgIpc) is 2.99. The SMILES string of the molecule is O=S1(=O)CCCN(c2nc(-c3ccccn3)nc3c2CCC3)CC1. The molecular formula is C17H20N4O2S. The standard InChI is InChI=1S/C17H20N4O2S/c22-24(23)11-4-9-21(10-12-24)17-13-5-3-7-14(13)19-16(20-17)15-6-1-2-8-18-15/h1-2,6,8H,3-5,7,9-12H2. The van der Waals surface area contributed by atoms with Crippen molar-refractivity contribution in [2.75, 3.05) is 29.5 Å². The summed E-state index contributed by atoms with van der Waals surface area (Å²) in [7, 11) is -2.93. The third-order valence-corrected chi connectivity index (χ3v) is 6.38. The van der Waals surface area contributed by atoms with Gasteiger partial charge < -0.3 is 4.90 Å². The van der Waals surface area contributed by atoms with Crippen LogP contribution in [0.1, 0.15) is 24.1 Å². The molecule has 1 aliphatic carbocycles. The van der Waals surface area contributed by atoms with E-state index in [0.29, 0.717) is 18.8 Å². The van der Waals surface area contributed by atoms with Crippen LogP contribution < -0.4 is 4.90 Å². The fourth-order valence-corrected chi connectivity index (χ4v) is 4.71. The van der Waals surface area contributed by atoms with Crippen molar-refractivity contribution < 1.29 is 8.42 Å². The quantitative estimate of drug-likeness (QED) is 0.824. The molecular weight excluding hydrogens is 324 g/mol. The first-order valence-electron chi connectivity index (χ1n) is 8.39. The smallest absolute Gasteiger partial charge is 0.180 e. The molecule has 2 aromatic rings. The molecule has 0 unspecified atom stereocenters. The summed E-state index contributed by atoms with van der Waals surface area (Å²) in [6.45, 7) is 1.23. The molecule has 4 rings (SSSR count). The molecule has 0 N–H and O–H groups in total. The van der Waals surface area contributed by atoms with Crippen LogP contribution in [0.5, 0.6) is 0 Å². The predicted molar refractivity (Wildman–Crippen MR) is 92.8 cm³/mol. The van der Waals surface area contributed by atoms with Crippen molar-refractivity contribution in [3.8, 4) is 11.5 Å². The van der Waals surface area contributed by atoms with Gasteiger partial charge in [-0.3, -0.25) is 4.98 Å². The fourth-order valence-electron chi connectivity index (χ4n) is 3.43. The zero-order valence-corrected chi connectivity index (χ0v) is 14.3. The van der Waals surface area contributed by atoms with E-state index in [1.165, 1.54) is 5.56 Å². The predicted octanol–water partition coefficient (Wildman–Crippen LogP) is 1.65. The highest BCUT2D eigenvalue weighted by atomic mass is 32.2. The van der Waals surface area contributed by atoms with Crippen molar-refractivity contribution in [1.82, 2.24) is 15.0 Å². The maximum absolute atomic E-state index is 11.9. The molecule has 2 aliphatic rings. The lowest BCUT2D eigenvalue weighted by molar-refractivity contribution is 0.597. The monoisotopic (exact) mass is 344 g/mol. The van der Waals surface area contributed by atoms with Gasteiger partial charge in [0.25, 0.3) is 0 Å². The Morgan fingerprint density at radius 1 is 1.00 bits per heavy atom. The van der Waals surface area contributed by atoms with E-state index >= 15 is 0 Å². The van der Waals surface area contributed by atoms with Gasteiger partial charge in [0.1, 0.15) is 11.5 Å². The van der Waals surface area contributed by atoms with Crippen molar-refractivity contribution >= 4 is 15.7 Å². The van der Waals surface area contributed by atoms with E-state index in [1.54, 1.807) is 6.20 Å². The van der Waals surface area contributed by atoms with Gasteiger partial charge in [-0.15, -0.1) is 0 Å². The third-order valence-electron chi connectivity index (χ3n) is 4.66. The molecule has 0 atom stereocenters. The lowest BCUT2D eigenvalue weighted by Gasteiger charge is -2.24. The zero-order chi connectivity index (χ0) is 16.6. The number of rotatable bonds is 2. The molecule has 0 bridgehead atoms. The molecule has 0 radical (unpaired) electrons. The second-order valence-corrected chi connectivity index (χ2v) is 8.66. The van der Waals surface area contributed by atoms with Gasteiger partial charge in [-0.25, -0.2) is 18.4 Å². The number of anilines is 1. The van der Waals surface area contributed by atoms with Gasteiger partial charge in [0.2, 0.25) is 0 Å². The highest BCUT2D eigenvalue weighted by Crippen LogP contribution is 2.31. The van der Waals surface area contributed by atoms with Gasteiger partial charge in [0, 0.05) is 30.5 Å². The summed E-state index contributed by atoms with van der Waals surface area (Å²) >= 11 is 0. The summed E-state index contributed by atoms with van der Waals surface area (Å²) in [6, 6.07) is 5.71. The van der Waals surface area contributed by atoms with Crippen molar-refractivity contribution in [2.45, 2.75) is 25.7 Å². The molecule has 126 valence electrons. The van der Waals surface area contributed by atoms with Crippen molar-refractivity contribution in [1.29, 1.82) is 0 Å². The molecule has 2 aromatic heterocycles. The maximum atomic E-state index is 11.9. The Hall–Kier alpha value is -2.02. The normalized spacial score (nSPS) is 19.8. The van der Waals surface area contributed by atoms with Crippen molar-refractivity contribution in [3.05, 3.63) is 35.7 Å². The molecule has 1 saturated heterocycles. The van der Waals surface area contributed by atoms with Crippen LogP contribution in [0.25, 0.3) is 11.5 Å². The highest BCUT2D eigenvalue weighted by molar-refractivity contribution is 7.91. The number of aryl methyl sites for hydroxylation is 1. The number of sulfone groups is 1. The molecule has 6 nitrogen and oxygen atoms in total. The van der Waals surface area contributed by atoms with E-state index in [4.69, 9.17) is 9.97 Å². The summed E-state index contributed by atoms with van der Waals surface area (Å²) in [5.74, 6) is 2.02. The molecule has 7 heteroatoms. The lowest BCUT2D eigenvalue weighted by Crippen LogP contribution is -2.29. The van der Waals surface area contributed by atoms with Crippen LogP contribution in [0.4, 0.5) is 5.82 Å². The zero-order valence-electron chi connectivity index (χ0n) is 13.5. The largest absolute Gasteiger partial charge is 0.355 e. The van der Waals surface area contributed by atoms with Gasteiger partial charge in [0.15, 0.2) is 15.7 Å². The number of pyridine rings is 1. The molecule has 1 aliphatic heterocycles. The number of hydrogen-bond acceptors (Lipinski definition) is 6. The Morgan fingerprint density at radius 2 is 1.92 bits per heavy atom. The average molecular weight is 344 g/mol. The number of hydrogen-bond donors (Lipinski definition) is 0. The van der Waals surface area contributed by atoms with E-state index < -0.39 is 9.84 Å². The van der Waals surface area contributed by atoms with Crippen LogP contribution in [0.3, 0.4) is 0 Å². The van der Waals surface area contributed by atoms with E-state index in [-0.39, 0.29) is 11.5 Å². The Labute approximate surface area is 141 Å². The van der Waals surface area contributed by atoms with Crippen molar-refractivity contribution in [3.63, 3.8) is 0 Å². The van der Waals surface area contributed by atoms with Crippen LogP contribution in [-0.4, -0.2) is 48.0 Å². The number of fused-ring (bicyclic) bond motifs is 1. The van der Waals surface area contributed by atoms with Gasteiger partial charge in [0.05, 0.1) is 11.5 Å². The summed E-state index contributed by atoms with van der Waals surface area (Å²) in [6.07, 6.45) is 5.40. The first-order valence-corrected chi connectivity index (χ1v) is 10.2. The minimum Gasteiger partial charge on any atom is -0.355 e. The van der Waals surface area contributed by atoms with Crippen LogP contribution in [0, 0.1) is 0 Å². The second kappa shape index (κ2) is 6.12. The van der Waals surface area contributed by atoms with Crippen molar-refractivity contribution in [2.24, 2.45) is 0 Å². The summed E-state index contributed by atoms with van der Waals surface area (Å²) < 4.78 is 23.8. The first-order chi connectivity index (χ1) is 11.6. The minimum absolute atomic E-state index is 0.199. The van der Waals surface area contributed by atoms with Crippen LogP contribution >= 0.6 is 0 Å². The fraction of sp³-hybridized carbons (Fsp3) is 0.471. The van der Waals surface area contributed by atoms with Crippen LogP contribution in [0.15, 0.2) is 24.4 Å². The molecule has 24 heavy (non-hydrogen) atoms. The van der Waals surface area contributed by atoms with E-state index in [1.807, 2.05) is 18.2 Å². The third kappa shape index (κ3) is 3.00. The number of nitrogens with zero attached hydrogens (tertiary/aromatic N) is 4. The van der Waals surface area contributed by atoms with Gasteiger partial charge in [-0.05, 0) is 37.8 Å². The molecule has 0 spiro atoms. The minimum atomic E-state index is -2.93. The van der Waals surface area contributed by atoms with Gasteiger partial charge in [-0.1, -0.05) is 6.07 Å². The van der Waals surface area contributed by atoms with E-state index in [2.05, 4.69) is 9.88 Å².